The first-order valence-corrected chi connectivity index (χ1v) is 38.4. The fraction of sp³-hybridized carbons (Fsp3) is 0.547. The molecule has 11 nitrogen and oxygen atoms in total. The highest BCUT2D eigenvalue weighted by Crippen LogP contribution is 2.38. The van der Waals surface area contributed by atoms with Gasteiger partial charge in [0.15, 0.2) is 0 Å². The Labute approximate surface area is 712 Å². The second kappa shape index (κ2) is 48.0. The molecule has 5 aliphatic heterocycles. The first-order chi connectivity index (χ1) is 49.9. The topological polar surface area (TPSA) is 107 Å². The number of rotatable bonds is 24. The Balaban J connectivity index is 0.000000462. The molecule has 0 bridgehead atoms. The number of hydrogen-bond donors (Lipinski definition) is 1. The molecule has 109 heavy (non-hydrogen) atoms. The summed E-state index contributed by atoms with van der Waals surface area (Å²) in [7, 11) is 104. The quantitative estimate of drug-likeness (QED) is 0.0606. The minimum Gasteiger partial charge on any atom is -0.400 e. The van der Waals surface area contributed by atoms with Crippen molar-refractivity contribution in [3.8, 4) is 0 Å². The molecule has 1 N–H and O–H groups in total. The van der Waals surface area contributed by atoms with Crippen molar-refractivity contribution in [2.45, 2.75) is 135 Å². The summed E-state index contributed by atoms with van der Waals surface area (Å²) in [5.74, 6) is -5.77. The van der Waals surface area contributed by atoms with E-state index in [1.54, 1.807) is 46.6 Å². The van der Waals surface area contributed by atoms with Crippen LogP contribution in [0, 0.1) is 0 Å². The monoisotopic (exact) mass is 1690 g/mol. The second-order valence-electron chi connectivity index (χ2n) is 29.3. The smallest absolute Gasteiger partial charge is 0.400 e. The lowest BCUT2D eigenvalue weighted by atomic mass is 8.30. The summed E-state index contributed by atoms with van der Waals surface area (Å²) in [6.45, 7) is 25.7. The van der Waals surface area contributed by atoms with Crippen molar-refractivity contribution >= 4 is 324 Å². The van der Waals surface area contributed by atoms with Gasteiger partial charge >= 0.3 is 14.2 Å². The minimum absolute atomic E-state index is 0. The third-order valence-electron chi connectivity index (χ3n) is 19.6. The van der Waals surface area contributed by atoms with Gasteiger partial charge in [0.05, 0.1) is 47.7 Å². The average molecular weight is 1680 g/mol. The van der Waals surface area contributed by atoms with Crippen LogP contribution in [0.3, 0.4) is 0 Å². The number of likely N-dealkylation sites (tertiary alicyclic amines) is 2. The molecular weight excluding hydrogens is 1610 g/mol. The summed E-state index contributed by atoms with van der Waals surface area (Å²) >= 11 is 13.1. The molecule has 0 atom stereocenters. The third-order valence-corrected chi connectivity index (χ3v) is 21.5. The third kappa shape index (κ3) is 35.2. The Morgan fingerprint density at radius 1 is 0.486 bits per heavy atom. The van der Waals surface area contributed by atoms with Gasteiger partial charge in [-0.15, -0.1) is 6.58 Å². The molecule has 0 spiro atoms. The van der Waals surface area contributed by atoms with Crippen LogP contribution >= 0.6 is 63.7 Å². The molecule has 5 saturated heterocycles. The fourth-order valence-electron chi connectivity index (χ4n) is 12.4. The highest BCUT2D eigenvalue weighted by atomic mass is 79.9. The molecule has 9 heterocycles. The predicted molar refractivity (Wildman–Crippen MR) is 498 cm³/mol. The van der Waals surface area contributed by atoms with E-state index in [9.17, 15) is 26.3 Å². The normalized spacial score (nSPS) is 17.4. The van der Waals surface area contributed by atoms with Crippen LogP contribution < -0.4 is 10.8 Å². The molecule has 35 radical (unpaired) electrons. The van der Waals surface area contributed by atoms with Crippen LogP contribution in [-0.2, 0) is 31.5 Å². The maximum atomic E-state index is 13.2. The molecule has 56 heteroatoms. The molecule has 5 aliphatic rings. The van der Waals surface area contributed by atoms with Crippen molar-refractivity contribution in [1.82, 2.24) is 35.1 Å². The summed E-state index contributed by atoms with van der Waals surface area (Å²) in [5, 5.41) is 2.56. The van der Waals surface area contributed by atoms with Gasteiger partial charge in [0.25, 0.3) is 17.8 Å². The SMILES string of the molecule is Brc1ccc(Br)nc1.C.C=CB1OC(C)(C)C(C)(C)O1.C=Cc1ccc(Br)cn1.CC1(C)OB(c2ccc(CCN3CCC(F)(F)C3)nc2)OC1(C)C.FC1(F)CCN(CCc2ccc(Br)cn2)C1.FC1(F)CCNC1.[B][B]B(B([B])[B])B(B([B])[B])B(B(B([B])[B])B([B])[B])B(B(B([B])[B])B([B])[B])B(B([B])[B])B([B])[B]. The Bertz CT molecular complexity index is 3180. The van der Waals surface area contributed by atoms with E-state index in [1.807, 2.05) is 104 Å². The van der Waals surface area contributed by atoms with Crippen molar-refractivity contribution in [1.29, 1.82) is 0 Å². The van der Waals surface area contributed by atoms with Crippen molar-refractivity contribution in [3.63, 3.8) is 0 Å². The van der Waals surface area contributed by atoms with Crippen molar-refractivity contribution < 1.29 is 45.0 Å². The van der Waals surface area contributed by atoms with E-state index in [0.29, 0.717) is 39.1 Å². The number of hydrogen-bond acceptors (Lipinski definition) is 11. The fourth-order valence-corrected chi connectivity index (χ4v) is 13.3. The van der Waals surface area contributed by atoms with Gasteiger partial charge in [-0.25, -0.2) is 31.3 Å². The Morgan fingerprint density at radius 2 is 0.862 bits per heavy atom. The Hall–Kier alpha value is -0.427. The molecule has 0 unspecified atom stereocenters. The summed E-state index contributed by atoms with van der Waals surface area (Å²) in [6, 6.07) is 15.3. The number of alkyl halides is 6. The summed E-state index contributed by atoms with van der Waals surface area (Å²) in [5.41, 5.74) is 2.40. The first kappa shape index (κ1) is 105. The van der Waals surface area contributed by atoms with Gasteiger partial charge in [0.2, 0.25) is 0 Å². The van der Waals surface area contributed by atoms with E-state index in [2.05, 4.69) is 102 Å². The first-order valence-electron chi connectivity index (χ1n) is 35.2. The van der Waals surface area contributed by atoms with E-state index in [0.717, 1.165) is 47.0 Å². The van der Waals surface area contributed by atoms with Crippen LogP contribution in [0.1, 0.15) is 99.2 Å². The number of nitrogens with zero attached hydrogens (tertiary/aromatic N) is 6. The molecule has 4 aromatic heterocycles. The zero-order chi connectivity index (χ0) is 82.3. The van der Waals surface area contributed by atoms with Gasteiger partial charge in [-0.3, -0.25) is 24.8 Å². The molecule has 9 rings (SSSR count). The van der Waals surface area contributed by atoms with Crippen LogP contribution in [-0.4, -0.2) is 371 Å². The number of aromatic nitrogens is 4. The van der Waals surface area contributed by atoms with Crippen LogP contribution in [0.25, 0.3) is 6.08 Å². The number of nitrogens with one attached hydrogen (secondary N) is 1. The van der Waals surface area contributed by atoms with Gasteiger partial charge in [0.1, 0.15) is 4.60 Å². The van der Waals surface area contributed by atoms with E-state index in [-0.39, 0.29) is 75.8 Å². The van der Waals surface area contributed by atoms with Crippen molar-refractivity contribution in [2.75, 3.05) is 52.4 Å². The molecule has 5 fully saturated rings. The van der Waals surface area contributed by atoms with Gasteiger partial charge < -0.3 is 23.9 Å². The van der Waals surface area contributed by atoms with Crippen LogP contribution in [0.15, 0.2) is 110 Å². The zero-order valence-electron chi connectivity index (χ0n) is 63.0. The van der Waals surface area contributed by atoms with E-state index in [1.165, 1.54) is 7.06 Å². The average Bonchev–Trinajstić information content (AvgIpc) is 1.70. The lowest BCUT2D eigenvalue weighted by Crippen LogP contribution is -2.89. The van der Waals surface area contributed by atoms with E-state index >= 15 is 0 Å². The Morgan fingerprint density at radius 3 is 1.12 bits per heavy atom. The lowest BCUT2D eigenvalue weighted by Gasteiger charge is -2.51. The second-order valence-corrected chi connectivity index (χ2v) is 32.9. The molecule has 0 amide bonds. The largest absolute Gasteiger partial charge is 0.496 e. The summed E-state index contributed by atoms with van der Waals surface area (Å²) in [6.07, 6.45) is -4.76. The number of pyridine rings is 4. The van der Waals surface area contributed by atoms with Gasteiger partial charge in [-0.2, -0.15) is 0 Å². The highest BCUT2D eigenvalue weighted by Gasteiger charge is 2.55. The number of halogens is 10. The molecule has 0 saturated carbocycles. The van der Waals surface area contributed by atoms with Gasteiger partial charge in [-0.05, 0) is 168 Å². The highest BCUT2D eigenvalue weighted by molar-refractivity contribution is 9.11. The van der Waals surface area contributed by atoms with Crippen LogP contribution in [0.4, 0.5) is 26.3 Å². The van der Waals surface area contributed by atoms with E-state index in [4.69, 9.17) is 150 Å². The lowest BCUT2D eigenvalue weighted by molar-refractivity contribution is 0.00578. The van der Waals surface area contributed by atoms with Crippen molar-refractivity contribution in [2.24, 2.45) is 0 Å². The standard InChI is InChI=1S/C17H25BF2N2O2.C11H13BrF2N2.C8H15BO2.C7H6BrN.C5H3Br2N.C4H7F2N.CH4.B33/c1-15(2)16(3,4)24-18(23-15)13-5-6-14(21-11-13)7-9-22-10-8-17(19,20)12-22;12-9-1-2-10(15-7-9)3-5-16-6-4-11(13,14)8-16;1-6-9-10-7(2,3)8(4,5)11-9;1-2-7-4-3-6(8)5-9-7;6-4-1-2-5(7)8-3-4;5-4(6)1-2-7-3-4;;1-18-27(19(2)3)31(26(16)17)33(30(24(12)13)25(14)15)32(28(20(4)5)21(6)7)29(22(8)9)23(10)11/h5-6,11H,7-10,12H2,1-4H3;1-2,7H,3-6,8H2;6H,1H2,2-5H3;2-5H,1H2;1-3H;7H,1-3H2;1H4;. The summed E-state index contributed by atoms with van der Waals surface area (Å²) < 4.78 is 103. The van der Waals surface area contributed by atoms with Gasteiger partial charge in [0, 0.05) is 354 Å². The van der Waals surface area contributed by atoms with Crippen molar-refractivity contribution in [3.05, 3.63) is 128 Å². The molecule has 4 aromatic rings. The van der Waals surface area contributed by atoms with E-state index < -0.39 is 121 Å². The Kier molecular flexibility index (Phi) is 46.1. The summed E-state index contributed by atoms with van der Waals surface area (Å²) in [4.78, 5) is 20.2. The molecule has 0 aliphatic carbocycles. The molecule has 519 valence electrons. The predicted octanol–water partition coefficient (Wildman–Crippen LogP) is 0.574. The molecule has 0 aromatic carbocycles. The maximum absolute atomic E-state index is 13.2. The van der Waals surface area contributed by atoms with Gasteiger partial charge in [-0.1, -0.05) is 26.0 Å². The molecular formula is C53H73B35Br4F6N7O4. The van der Waals surface area contributed by atoms with Crippen LogP contribution in [0.5, 0.6) is 0 Å². The minimum atomic E-state index is -2.53. The maximum Gasteiger partial charge on any atom is 0.496 e. The van der Waals surface area contributed by atoms with Crippen LogP contribution in [0.2, 0.25) is 0 Å². The zero-order valence-corrected chi connectivity index (χ0v) is 69.3.